The summed E-state index contributed by atoms with van der Waals surface area (Å²) in [6, 6.07) is -0.296. The predicted molar refractivity (Wildman–Crippen MR) is 66.0 cm³/mol. The normalized spacial score (nSPS) is 19.2. The molecule has 0 aromatic carbocycles. The van der Waals surface area contributed by atoms with Crippen LogP contribution in [0.4, 0.5) is 0 Å². The lowest BCUT2D eigenvalue weighted by Gasteiger charge is -2.29. The average molecular weight is 258 g/mol. The molecule has 0 aromatic heterocycles. The second-order valence-corrected chi connectivity index (χ2v) is 4.49. The molecular weight excluding hydrogens is 236 g/mol. The number of carbonyl (C=O) groups excluding carboxylic acids is 2. The third kappa shape index (κ3) is 4.27. The molecular formula is C12H22N2O4. The Morgan fingerprint density at radius 2 is 1.94 bits per heavy atom. The van der Waals surface area contributed by atoms with Crippen LogP contribution < -0.4 is 5.32 Å². The molecule has 0 aromatic rings. The number of methoxy groups -OCH3 is 1. The maximum Gasteiger partial charge on any atom is 0.309 e. The standard InChI is InChI=1S/C12H22N2O4/c1-9(12(16)17-3)8-13-10(2)11(15)14-4-6-18-7-5-14/h9-10,13H,4-8H2,1-3H3. The Bertz CT molecular complexity index is 290. The van der Waals surface area contributed by atoms with Crippen LogP contribution in [0.25, 0.3) is 0 Å². The molecule has 0 radical (unpaired) electrons. The highest BCUT2D eigenvalue weighted by atomic mass is 16.5. The summed E-state index contributed by atoms with van der Waals surface area (Å²) in [7, 11) is 1.36. The summed E-state index contributed by atoms with van der Waals surface area (Å²) in [4.78, 5) is 25.0. The lowest BCUT2D eigenvalue weighted by atomic mass is 10.1. The van der Waals surface area contributed by atoms with Crippen LogP contribution in [0.5, 0.6) is 0 Å². The number of amides is 1. The van der Waals surface area contributed by atoms with Gasteiger partial charge >= 0.3 is 5.97 Å². The summed E-state index contributed by atoms with van der Waals surface area (Å²) >= 11 is 0. The van der Waals surface area contributed by atoms with E-state index in [1.807, 2.05) is 6.92 Å². The fraction of sp³-hybridized carbons (Fsp3) is 0.833. The van der Waals surface area contributed by atoms with Crippen molar-refractivity contribution in [3.63, 3.8) is 0 Å². The van der Waals surface area contributed by atoms with Crippen molar-refractivity contribution in [3.05, 3.63) is 0 Å². The van der Waals surface area contributed by atoms with E-state index in [9.17, 15) is 9.59 Å². The molecule has 1 heterocycles. The fourth-order valence-corrected chi connectivity index (χ4v) is 1.78. The lowest BCUT2D eigenvalue weighted by Crippen LogP contribution is -2.50. The highest BCUT2D eigenvalue weighted by Crippen LogP contribution is 2.02. The Kier molecular flexibility index (Phi) is 6.07. The topological polar surface area (TPSA) is 67.9 Å². The van der Waals surface area contributed by atoms with Crippen LogP contribution in [0.3, 0.4) is 0 Å². The second-order valence-electron chi connectivity index (χ2n) is 4.49. The molecule has 2 atom stereocenters. The molecule has 1 aliphatic rings. The van der Waals surface area contributed by atoms with E-state index in [1.165, 1.54) is 7.11 Å². The van der Waals surface area contributed by atoms with Crippen LogP contribution in [0, 0.1) is 5.92 Å². The molecule has 0 bridgehead atoms. The third-order valence-electron chi connectivity index (χ3n) is 3.03. The Labute approximate surface area is 108 Å². The average Bonchev–Trinajstić information content (AvgIpc) is 2.43. The second kappa shape index (κ2) is 7.33. The summed E-state index contributed by atoms with van der Waals surface area (Å²) in [6.45, 7) is 6.47. The van der Waals surface area contributed by atoms with E-state index in [-0.39, 0.29) is 23.8 Å². The molecule has 1 fully saturated rings. The van der Waals surface area contributed by atoms with E-state index < -0.39 is 0 Å². The molecule has 1 N–H and O–H groups in total. The number of hydrogen-bond acceptors (Lipinski definition) is 5. The third-order valence-corrected chi connectivity index (χ3v) is 3.03. The van der Waals surface area contributed by atoms with Crippen LogP contribution in [0.15, 0.2) is 0 Å². The first-order chi connectivity index (χ1) is 8.56. The van der Waals surface area contributed by atoms with Crippen molar-refractivity contribution < 1.29 is 19.1 Å². The first-order valence-electron chi connectivity index (χ1n) is 6.24. The van der Waals surface area contributed by atoms with Gasteiger partial charge in [-0.2, -0.15) is 0 Å². The molecule has 2 unspecified atom stereocenters. The van der Waals surface area contributed by atoms with Gasteiger partial charge in [0, 0.05) is 19.6 Å². The van der Waals surface area contributed by atoms with Gasteiger partial charge in [0.05, 0.1) is 32.3 Å². The van der Waals surface area contributed by atoms with E-state index in [0.29, 0.717) is 32.8 Å². The summed E-state index contributed by atoms with van der Waals surface area (Å²) in [5.41, 5.74) is 0. The van der Waals surface area contributed by atoms with Crippen LogP contribution >= 0.6 is 0 Å². The van der Waals surface area contributed by atoms with Gasteiger partial charge in [0.25, 0.3) is 0 Å². The van der Waals surface area contributed by atoms with Gasteiger partial charge in [-0.3, -0.25) is 9.59 Å². The monoisotopic (exact) mass is 258 g/mol. The molecule has 1 aliphatic heterocycles. The molecule has 1 saturated heterocycles. The van der Waals surface area contributed by atoms with Crippen LogP contribution in [-0.2, 0) is 19.1 Å². The smallest absolute Gasteiger partial charge is 0.309 e. The zero-order valence-corrected chi connectivity index (χ0v) is 11.3. The summed E-state index contributed by atoms with van der Waals surface area (Å²) in [6.07, 6.45) is 0. The van der Waals surface area contributed by atoms with Crippen molar-refractivity contribution in [2.45, 2.75) is 19.9 Å². The number of esters is 1. The van der Waals surface area contributed by atoms with E-state index in [1.54, 1.807) is 11.8 Å². The molecule has 1 amide bonds. The Morgan fingerprint density at radius 1 is 1.33 bits per heavy atom. The highest BCUT2D eigenvalue weighted by Gasteiger charge is 2.23. The minimum atomic E-state index is -0.296. The number of nitrogens with zero attached hydrogens (tertiary/aromatic N) is 1. The van der Waals surface area contributed by atoms with Gasteiger partial charge < -0.3 is 19.7 Å². The fourth-order valence-electron chi connectivity index (χ4n) is 1.78. The van der Waals surface area contributed by atoms with Crippen molar-refractivity contribution >= 4 is 11.9 Å². The van der Waals surface area contributed by atoms with Crippen LogP contribution in [0.2, 0.25) is 0 Å². The van der Waals surface area contributed by atoms with Gasteiger partial charge in [-0.1, -0.05) is 6.92 Å². The molecule has 0 saturated carbocycles. The molecule has 6 heteroatoms. The van der Waals surface area contributed by atoms with E-state index >= 15 is 0 Å². The molecule has 0 spiro atoms. The number of hydrogen-bond donors (Lipinski definition) is 1. The van der Waals surface area contributed by atoms with E-state index in [2.05, 4.69) is 10.1 Å². The number of ether oxygens (including phenoxy) is 2. The van der Waals surface area contributed by atoms with Crippen molar-refractivity contribution in [1.29, 1.82) is 0 Å². The minimum Gasteiger partial charge on any atom is -0.469 e. The summed E-state index contributed by atoms with van der Waals surface area (Å²) in [5.74, 6) is -0.473. The van der Waals surface area contributed by atoms with Crippen LogP contribution in [0.1, 0.15) is 13.8 Å². The predicted octanol–water partition coefficient (Wildman–Crippen LogP) is -0.368. The first kappa shape index (κ1) is 14.9. The molecule has 1 rings (SSSR count). The summed E-state index contributed by atoms with van der Waals surface area (Å²) in [5, 5.41) is 3.06. The SMILES string of the molecule is COC(=O)C(C)CNC(C)C(=O)N1CCOCC1. The first-order valence-corrected chi connectivity index (χ1v) is 6.24. The van der Waals surface area contributed by atoms with Crippen molar-refractivity contribution in [2.24, 2.45) is 5.92 Å². The van der Waals surface area contributed by atoms with Crippen molar-refractivity contribution in [1.82, 2.24) is 10.2 Å². The van der Waals surface area contributed by atoms with Gasteiger partial charge in [-0.25, -0.2) is 0 Å². The summed E-state index contributed by atoms with van der Waals surface area (Å²) < 4.78 is 9.83. The van der Waals surface area contributed by atoms with Crippen molar-refractivity contribution in [2.75, 3.05) is 40.0 Å². The largest absolute Gasteiger partial charge is 0.469 e. The Morgan fingerprint density at radius 3 is 2.50 bits per heavy atom. The van der Waals surface area contributed by atoms with Crippen LogP contribution in [-0.4, -0.2) is 62.8 Å². The number of morpholine rings is 1. The van der Waals surface area contributed by atoms with Crippen molar-refractivity contribution in [3.8, 4) is 0 Å². The molecule has 104 valence electrons. The molecule has 0 aliphatic carbocycles. The number of nitrogens with one attached hydrogen (secondary N) is 1. The van der Waals surface area contributed by atoms with Gasteiger partial charge in [0.2, 0.25) is 5.91 Å². The highest BCUT2D eigenvalue weighted by molar-refractivity contribution is 5.81. The maximum atomic E-state index is 12.0. The molecule has 18 heavy (non-hydrogen) atoms. The number of carbonyl (C=O) groups is 2. The van der Waals surface area contributed by atoms with Gasteiger partial charge in [-0.15, -0.1) is 0 Å². The van der Waals surface area contributed by atoms with Gasteiger partial charge in [0.15, 0.2) is 0 Å². The molecule has 6 nitrogen and oxygen atoms in total. The van der Waals surface area contributed by atoms with Gasteiger partial charge in [-0.05, 0) is 6.92 Å². The Hall–Kier alpha value is -1.14. The quantitative estimate of drug-likeness (QED) is 0.682. The minimum absolute atomic E-state index is 0.0513. The number of rotatable bonds is 5. The maximum absolute atomic E-state index is 12.0. The zero-order valence-electron chi connectivity index (χ0n) is 11.3. The lowest BCUT2D eigenvalue weighted by molar-refractivity contribution is -0.145. The van der Waals surface area contributed by atoms with E-state index in [0.717, 1.165) is 0 Å². The Balaban J connectivity index is 2.33. The van der Waals surface area contributed by atoms with E-state index in [4.69, 9.17) is 4.74 Å². The van der Waals surface area contributed by atoms with Gasteiger partial charge in [0.1, 0.15) is 0 Å². The zero-order chi connectivity index (χ0) is 13.5.